The molecule has 1 unspecified atom stereocenters. The molecule has 0 aromatic carbocycles. The summed E-state index contributed by atoms with van der Waals surface area (Å²) in [6, 6.07) is 0. The average molecular weight is 254 g/mol. The zero-order chi connectivity index (χ0) is 14.4. The van der Waals surface area contributed by atoms with Crippen LogP contribution in [0.2, 0.25) is 0 Å². The lowest BCUT2D eigenvalue weighted by Gasteiger charge is -2.04. The van der Waals surface area contributed by atoms with Gasteiger partial charge in [-0.3, -0.25) is 9.79 Å². The predicted molar refractivity (Wildman–Crippen MR) is 73.7 cm³/mol. The number of nitrogens with zero attached hydrogens (tertiary/aromatic N) is 2. The van der Waals surface area contributed by atoms with Gasteiger partial charge in [0.2, 0.25) is 5.91 Å². The van der Waals surface area contributed by atoms with Gasteiger partial charge in [-0.1, -0.05) is 18.7 Å². The lowest BCUT2D eigenvalue weighted by Crippen LogP contribution is -2.19. The van der Waals surface area contributed by atoms with Gasteiger partial charge in [0.1, 0.15) is 6.29 Å². The number of rotatable bonds is 3. The van der Waals surface area contributed by atoms with Crippen molar-refractivity contribution < 1.29 is 14.7 Å². The smallest absolute Gasteiger partial charge is 0.223 e. The van der Waals surface area contributed by atoms with E-state index in [1.165, 1.54) is 0 Å². The van der Waals surface area contributed by atoms with E-state index in [9.17, 15) is 9.59 Å². The van der Waals surface area contributed by atoms with Crippen LogP contribution in [0.25, 0.3) is 0 Å². The van der Waals surface area contributed by atoms with Gasteiger partial charge in [0.05, 0.1) is 0 Å². The van der Waals surface area contributed by atoms with Crippen molar-refractivity contribution in [1.29, 1.82) is 0 Å². The van der Waals surface area contributed by atoms with Gasteiger partial charge in [-0.25, -0.2) is 0 Å². The van der Waals surface area contributed by atoms with E-state index >= 15 is 0 Å². The first-order valence-corrected chi connectivity index (χ1v) is 5.49. The lowest BCUT2D eigenvalue weighted by molar-refractivity contribution is -0.126. The topological polar surface area (TPSA) is 70.0 Å². The molecule has 18 heavy (non-hydrogen) atoms. The number of aliphatic hydroxyl groups is 1. The van der Waals surface area contributed by atoms with Crippen molar-refractivity contribution in [3.8, 4) is 0 Å². The highest BCUT2D eigenvalue weighted by Gasteiger charge is 2.25. The molecule has 1 aliphatic heterocycles. The Balaban J connectivity index is 0. The summed E-state index contributed by atoms with van der Waals surface area (Å²) in [5.41, 5.74) is 0. The summed E-state index contributed by atoms with van der Waals surface area (Å²) in [5, 5.41) is 7.00. The minimum Gasteiger partial charge on any atom is -0.400 e. The quantitative estimate of drug-likeness (QED) is 0.458. The van der Waals surface area contributed by atoms with Gasteiger partial charge in [-0.2, -0.15) is 0 Å². The number of hydrogen-bond acceptors (Lipinski definition) is 4. The number of allylic oxidation sites excluding steroid dienone is 3. The Kier molecular flexibility index (Phi) is 13.8. The van der Waals surface area contributed by atoms with Crippen molar-refractivity contribution in [2.75, 3.05) is 27.7 Å². The van der Waals surface area contributed by atoms with Crippen LogP contribution in [0.5, 0.6) is 0 Å². The van der Waals surface area contributed by atoms with Crippen molar-refractivity contribution in [2.45, 2.75) is 6.42 Å². The molecule has 1 rings (SSSR count). The van der Waals surface area contributed by atoms with Crippen LogP contribution in [-0.4, -0.2) is 56.2 Å². The van der Waals surface area contributed by atoms with Gasteiger partial charge in [-0.05, 0) is 6.08 Å². The second-order valence-electron chi connectivity index (χ2n) is 3.40. The van der Waals surface area contributed by atoms with E-state index in [2.05, 4.69) is 11.6 Å². The number of aldehydes is 1. The van der Waals surface area contributed by atoms with Crippen LogP contribution in [0.4, 0.5) is 0 Å². The fraction of sp³-hybridized carbons (Fsp3) is 0.462. The SMILES string of the molecule is C=C/C=C\C=NC.CN1CC(C=O)CC1=O.CO. The molecular formula is C13H22N2O3. The van der Waals surface area contributed by atoms with Crippen molar-refractivity contribution in [3.05, 3.63) is 24.8 Å². The molecule has 0 aliphatic carbocycles. The van der Waals surface area contributed by atoms with E-state index < -0.39 is 0 Å². The monoisotopic (exact) mass is 254 g/mol. The van der Waals surface area contributed by atoms with Crippen molar-refractivity contribution in [2.24, 2.45) is 10.9 Å². The highest BCUT2D eigenvalue weighted by atomic mass is 16.2. The predicted octanol–water partition coefficient (Wildman–Crippen LogP) is 0.701. The summed E-state index contributed by atoms with van der Waals surface area (Å²) >= 11 is 0. The van der Waals surface area contributed by atoms with Gasteiger partial charge in [-0.15, -0.1) is 0 Å². The van der Waals surface area contributed by atoms with Crippen molar-refractivity contribution in [3.63, 3.8) is 0 Å². The molecule has 1 saturated heterocycles. The Labute approximate surface area is 109 Å². The van der Waals surface area contributed by atoms with Crippen LogP contribution >= 0.6 is 0 Å². The number of carbonyl (C=O) groups is 2. The van der Waals surface area contributed by atoms with E-state index in [0.29, 0.717) is 13.0 Å². The molecule has 1 heterocycles. The molecule has 1 fully saturated rings. The summed E-state index contributed by atoms with van der Waals surface area (Å²) in [6.45, 7) is 4.08. The fourth-order valence-electron chi connectivity index (χ4n) is 1.20. The average Bonchev–Trinajstić information content (AvgIpc) is 2.73. The molecule has 0 saturated carbocycles. The maximum Gasteiger partial charge on any atom is 0.223 e. The summed E-state index contributed by atoms with van der Waals surface area (Å²) < 4.78 is 0. The van der Waals surface area contributed by atoms with Crippen LogP contribution in [-0.2, 0) is 9.59 Å². The molecule has 0 aromatic rings. The van der Waals surface area contributed by atoms with Crippen LogP contribution in [0.1, 0.15) is 6.42 Å². The minimum atomic E-state index is -0.0532. The van der Waals surface area contributed by atoms with Gasteiger partial charge in [0.15, 0.2) is 0 Å². The molecule has 5 heteroatoms. The number of aliphatic hydroxyl groups excluding tert-OH is 1. The maximum absolute atomic E-state index is 10.7. The summed E-state index contributed by atoms with van der Waals surface area (Å²) in [7, 11) is 4.44. The molecule has 1 N–H and O–H groups in total. The Morgan fingerprint density at radius 2 is 2.06 bits per heavy atom. The third-order valence-electron chi connectivity index (χ3n) is 2.05. The molecule has 0 spiro atoms. The summed E-state index contributed by atoms with van der Waals surface area (Å²) in [6.07, 6.45) is 8.32. The molecule has 0 bridgehead atoms. The normalized spacial score (nSPS) is 18.1. The summed E-state index contributed by atoms with van der Waals surface area (Å²) in [4.78, 5) is 26.1. The van der Waals surface area contributed by atoms with E-state index in [1.54, 1.807) is 31.3 Å². The largest absolute Gasteiger partial charge is 0.400 e. The molecule has 1 amide bonds. The van der Waals surface area contributed by atoms with Gasteiger partial charge < -0.3 is 14.8 Å². The Bertz CT molecular complexity index is 299. The third kappa shape index (κ3) is 9.47. The maximum atomic E-state index is 10.7. The van der Waals surface area contributed by atoms with Gasteiger partial charge in [0, 0.05) is 46.3 Å². The number of carbonyl (C=O) groups excluding carboxylic acids is 2. The molecule has 5 nitrogen and oxygen atoms in total. The number of amides is 1. The zero-order valence-electron chi connectivity index (χ0n) is 11.2. The second kappa shape index (κ2) is 13.3. The van der Waals surface area contributed by atoms with Crippen LogP contribution in [0, 0.1) is 5.92 Å². The molecule has 0 radical (unpaired) electrons. The molecule has 1 atom stereocenters. The van der Waals surface area contributed by atoms with E-state index in [-0.39, 0.29) is 11.8 Å². The number of aliphatic imine (C=N–C) groups is 1. The Hall–Kier alpha value is -1.75. The highest BCUT2D eigenvalue weighted by molar-refractivity contribution is 5.82. The Morgan fingerprint density at radius 1 is 1.44 bits per heavy atom. The van der Waals surface area contributed by atoms with Crippen LogP contribution in [0.15, 0.2) is 29.8 Å². The molecule has 0 aromatic heterocycles. The standard InChI is InChI=1S/C6H9NO2.C6H9N.CH4O/c1-7-3-5(4-8)2-6(7)9;1-3-4-5-6-7-2;1-2/h4-5H,2-3H2,1H3;3-6H,1H2,2H3;2H,1H3/b;5-4-,7-6?;. The third-order valence-corrected chi connectivity index (χ3v) is 2.05. The molecule has 1 aliphatic rings. The van der Waals surface area contributed by atoms with Gasteiger partial charge >= 0.3 is 0 Å². The van der Waals surface area contributed by atoms with Gasteiger partial charge in [0.25, 0.3) is 0 Å². The minimum absolute atomic E-state index is 0.0532. The van der Waals surface area contributed by atoms with Crippen molar-refractivity contribution >= 4 is 18.4 Å². The van der Waals surface area contributed by atoms with Crippen molar-refractivity contribution in [1.82, 2.24) is 4.90 Å². The molecule has 102 valence electrons. The van der Waals surface area contributed by atoms with E-state index in [1.807, 2.05) is 12.2 Å². The van der Waals surface area contributed by atoms with Crippen LogP contribution in [0.3, 0.4) is 0 Å². The number of hydrogen-bond donors (Lipinski definition) is 1. The Morgan fingerprint density at radius 3 is 2.33 bits per heavy atom. The number of likely N-dealkylation sites (tertiary alicyclic amines) is 1. The first-order valence-electron chi connectivity index (χ1n) is 5.49. The van der Waals surface area contributed by atoms with Crippen LogP contribution < -0.4 is 0 Å². The van der Waals surface area contributed by atoms with E-state index in [0.717, 1.165) is 13.4 Å². The summed E-state index contributed by atoms with van der Waals surface area (Å²) in [5.74, 6) is 0.0228. The fourth-order valence-corrected chi connectivity index (χ4v) is 1.20. The molecular weight excluding hydrogens is 232 g/mol. The second-order valence-corrected chi connectivity index (χ2v) is 3.40. The first-order chi connectivity index (χ1) is 8.65. The highest BCUT2D eigenvalue weighted by Crippen LogP contribution is 2.12. The zero-order valence-corrected chi connectivity index (χ0v) is 11.2. The van der Waals surface area contributed by atoms with E-state index in [4.69, 9.17) is 5.11 Å². The lowest BCUT2D eigenvalue weighted by atomic mass is 10.1. The first kappa shape index (κ1) is 18.6.